The Bertz CT molecular complexity index is 979. The molecule has 0 saturated heterocycles. The molecule has 2 aromatic carbocycles. The van der Waals surface area contributed by atoms with Crippen molar-refractivity contribution in [3.63, 3.8) is 0 Å². The topological polar surface area (TPSA) is 55.8 Å². The van der Waals surface area contributed by atoms with Crippen LogP contribution in [-0.2, 0) is 29.4 Å². The summed E-state index contributed by atoms with van der Waals surface area (Å²) in [6.45, 7) is 3.58. The van der Waals surface area contributed by atoms with E-state index >= 15 is 0 Å². The molecule has 0 N–H and O–H groups in total. The van der Waals surface area contributed by atoms with Gasteiger partial charge in [0.05, 0.1) is 18.1 Å². The first-order valence-corrected chi connectivity index (χ1v) is 11.0. The van der Waals surface area contributed by atoms with Crippen LogP contribution < -0.4 is 9.47 Å². The van der Waals surface area contributed by atoms with E-state index in [0.29, 0.717) is 24.7 Å². The zero-order valence-electron chi connectivity index (χ0n) is 15.4. The molecule has 1 fully saturated rings. The Balaban J connectivity index is 1.58. The van der Waals surface area contributed by atoms with Gasteiger partial charge in [0.1, 0.15) is 11.5 Å². The van der Waals surface area contributed by atoms with Gasteiger partial charge < -0.3 is 9.47 Å². The van der Waals surface area contributed by atoms with Crippen LogP contribution in [0.25, 0.3) is 0 Å². The van der Waals surface area contributed by atoms with Gasteiger partial charge in [0.25, 0.3) is 0 Å². The Hall–Kier alpha value is -2.05. The summed E-state index contributed by atoms with van der Waals surface area (Å²) < 4.78 is 40.2. The van der Waals surface area contributed by atoms with Gasteiger partial charge in [-0.25, -0.2) is 8.42 Å². The second kappa shape index (κ2) is 6.24. The first kappa shape index (κ1) is 17.1. The van der Waals surface area contributed by atoms with Crippen molar-refractivity contribution in [3.05, 3.63) is 52.6 Å². The molecule has 0 amide bonds. The van der Waals surface area contributed by atoms with Crippen LogP contribution in [0.15, 0.2) is 35.2 Å². The maximum absolute atomic E-state index is 13.4. The lowest BCUT2D eigenvalue weighted by Gasteiger charge is -2.24. The Kier molecular flexibility index (Phi) is 3.95. The fourth-order valence-corrected chi connectivity index (χ4v) is 5.85. The highest BCUT2D eigenvalue weighted by molar-refractivity contribution is 7.89. The lowest BCUT2D eigenvalue weighted by molar-refractivity contribution is 0.341. The maximum Gasteiger partial charge on any atom is 0.243 e. The van der Waals surface area contributed by atoms with E-state index in [4.69, 9.17) is 9.47 Å². The smallest absolute Gasteiger partial charge is 0.243 e. The van der Waals surface area contributed by atoms with Gasteiger partial charge in [-0.15, -0.1) is 0 Å². The first-order valence-electron chi connectivity index (χ1n) is 9.56. The van der Waals surface area contributed by atoms with E-state index in [1.165, 1.54) is 0 Å². The van der Waals surface area contributed by atoms with Crippen molar-refractivity contribution in [1.29, 1.82) is 0 Å². The molecule has 6 heteroatoms. The maximum atomic E-state index is 13.4. The molecule has 2 aromatic rings. The Morgan fingerprint density at radius 3 is 2.70 bits per heavy atom. The normalized spacial score (nSPS) is 18.1. The molecule has 5 rings (SSSR count). The van der Waals surface area contributed by atoms with E-state index in [1.54, 1.807) is 16.4 Å². The molecule has 0 spiro atoms. The highest BCUT2D eigenvalue weighted by Gasteiger charge is 2.40. The SMILES string of the molecule is Cc1cccc(S(=O)(=O)N(Cc2c3c(cc4c2OCC4)OCC3)C2CC2)c1. The van der Waals surface area contributed by atoms with Gasteiger partial charge in [-0.1, -0.05) is 12.1 Å². The van der Waals surface area contributed by atoms with Gasteiger partial charge >= 0.3 is 0 Å². The number of fused-ring (bicyclic) bond motifs is 2. The average molecular weight is 385 g/mol. The number of sulfonamides is 1. The van der Waals surface area contributed by atoms with Crippen molar-refractivity contribution in [1.82, 2.24) is 4.31 Å². The lowest BCUT2D eigenvalue weighted by Crippen LogP contribution is -2.33. The highest BCUT2D eigenvalue weighted by Crippen LogP contribution is 2.43. The van der Waals surface area contributed by atoms with Crippen LogP contribution in [0.2, 0.25) is 0 Å². The molecule has 0 atom stereocenters. The van der Waals surface area contributed by atoms with Gasteiger partial charge in [-0.05, 0) is 43.5 Å². The number of hydrogen-bond acceptors (Lipinski definition) is 4. The van der Waals surface area contributed by atoms with Crippen LogP contribution in [0.3, 0.4) is 0 Å². The van der Waals surface area contributed by atoms with Crippen LogP contribution in [0.5, 0.6) is 11.5 Å². The van der Waals surface area contributed by atoms with E-state index in [0.717, 1.165) is 59.4 Å². The van der Waals surface area contributed by atoms with Crippen LogP contribution in [0, 0.1) is 6.92 Å². The molecule has 2 aliphatic heterocycles. The fraction of sp³-hybridized carbons (Fsp3) is 0.429. The summed E-state index contributed by atoms with van der Waals surface area (Å²) in [5.74, 6) is 1.78. The number of hydrogen-bond donors (Lipinski definition) is 0. The largest absolute Gasteiger partial charge is 0.493 e. The number of rotatable bonds is 5. The molecule has 5 nitrogen and oxygen atoms in total. The third kappa shape index (κ3) is 2.91. The first-order chi connectivity index (χ1) is 13.0. The summed E-state index contributed by atoms with van der Waals surface area (Å²) in [6, 6.07) is 9.32. The van der Waals surface area contributed by atoms with Crippen molar-refractivity contribution < 1.29 is 17.9 Å². The lowest BCUT2D eigenvalue weighted by atomic mass is 9.99. The van der Waals surface area contributed by atoms with Crippen molar-refractivity contribution in [2.24, 2.45) is 0 Å². The van der Waals surface area contributed by atoms with Crippen LogP contribution in [-0.4, -0.2) is 32.0 Å². The number of nitrogens with zero attached hydrogens (tertiary/aromatic N) is 1. The van der Waals surface area contributed by atoms with Gasteiger partial charge in [-0.3, -0.25) is 0 Å². The summed E-state index contributed by atoms with van der Waals surface area (Å²) in [6.07, 6.45) is 3.50. The van der Waals surface area contributed by atoms with E-state index < -0.39 is 10.0 Å². The summed E-state index contributed by atoms with van der Waals surface area (Å²) in [5, 5.41) is 0. The number of benzene rings is 2. The predicted molar refractivity (Wildman–Crippen MR) is 102 cm³/mol. The molecular weight excluding hydrogens is 362 g/mol. The van der Waals surface area contributed by atoms with E-state index in [1.807, 2.05) is 19.1 Å². The number of aryl methyl sites for hydroxylation is 1. The highest BCUT2D eigenvalue weighted by atomic mass is 32.2. The molecule has 27 heavy (non-hydrogen) atoms. The standard InChI is InChI=1S/C21H23NO4S/c1-14-3-2-4-17(11-14)27(23,24)22(16-5-6-16)13-19-18-8-10-25-20(18)12-15-7-9-26-21(15)19/h2-4,11-12,16H,5-10,13H2,1H3. The van der Waals surface area contributed by atoms with Crippen molar-refractivity contribution in [2.75, 3.05) is 13.2 Å². The van der Waals surface area contributed by atoms with Crippen LogP contribution >= 0.6 is 0 Å². The zero-order valence-corrected chi connectivity index (χ0v) is 16.2. The predicted octanol–water partition coefficient (Wildman–Crippen LogP) is 3.22. The molecule has 0 aromatic heterocycles. The number of ether oxygens (including phenoxy) is 2. The minimum Gasteiger partial charge on any atom is -0.493 e. The molecule has 1 aliphatic carbocycles. The van der Waals surface area contributed by atoms with Crippen LogP contribution in [0.4, 0.5) is 0 Å². The molecule has 3 aliphatic rings. The van der Waals surface area contributed by atoms with Gasteiger partial charge in [0.15, 0.2) is 0 Å². The van der Waals surface area contributed by atoms with Crippen molar-refractivity contribution >= 4 is 10.0 Å². The molecule has 2 heterocycles. The fourth-order valence-electron chi connectivity index (χ4n) is 4.09. The van der Waals surface area contributed by atoms with E-state index in [2.05, 4.69) is 6.07 Å². The minimum atomic E-state index is -3.56. The van der Waals surface area contributed by atoms with Crippen LogP contribution in [0.1, 0.15) is 35.1 Å². The zero-order chi connectivity index (χ0) is 18.6. The van der Waals surface area contributed by atoms with E-state index in [9.17, 15) is 8.42 Å². The molecule has 0 unspecified atom stereocenters. The average Bonchev–Trinajstić information content (AvgIpc) is 3.17. The summed E-state index contributed by atoms with van der Waals surface area (Å²) in [4.78, 5) is 0.371. The van der Waals surface area contributed by atoms with Gasteiger partial charge in [-0.2, -0.15) is 4.31 Å². The molecule has 0 radical (unpaired) electrons. The second-order valence-corrected chi connectivity index (χ2v) is 9.51. The Morgan fingerprint density at radius 1 is 1.11 bits per heavy atom. The van der Waals surface area contributed by atoms with Gasteiger partial charge in [0.2, 0.25) is 10.0 Å². The quantitative estimate of drug-likeness (QED) is 0.793. The molecule has 1 saturated carbocycles. The molecular formula is C21H23NO4S. The van der Waals surface area contributed by atoms with Gasteiger partial charge in [0, 0.05) is 42.1 Å². The van der Waals surface area contributed by atoms with Crippen molar-refractivity contribution in [3.8, 4) is 11.5 Å². The minimum absolute atomic E-state index is 0.0748. The Morgan fingerprint density at radius 2 is 1.93 bits per heavy atom. The molecule has 0 bridgehead atoms. The van der Waals surface area contributed by atoms with Crippen molar-refractivity contribution in [2.45, 2.75) is 50.1 Å². The molecule has 142 valence electrons. The van der Waals surface area contributed by atoms with E-state index in [-0.39, 0.29) is 6.04 Å². The Labute approximate surface area is 160 Å². The summed E-state index contributed by atoms with van der Waals surface area (Å²) in [7, 11) is -3.56. The summed E-state index contributed by atoms with van der Waals surface area (Å²) >= 11 is 0. The monoisotopic (exact) mass is 385 g/mol. The second-order valence-electron chi connectivity index (χ2n) is 7.61. The summed E-state index contributed by atoms with van der Waals surface area (Å²) in [5.41, 5.74) is 4.20. The third-order valence-electron chi connectivity index (χ3n) is 5.62. The third-order valence-corrected chi connectivity index (χ3v) is 7.52.